The van der Waals surface area contributed by atoms with E-state index in [1.54, 1.807) is 0 Å². The van der Waals surface area contributed by atoms with Gasteiger partial charge in [0.1, 0.15) is 0 Å². The van der Waals surface area contributed by atoms with Crippen LogP contribution >= 0.6 is 0 Å². The number of nitrogens with two attached hydrogens (primary N) is 1. The molecule has 0 aromatic heterocycles. The van der Waals surface area contributed by atoms with Crippen molar-refractivity contribution in [2.24, 2.45) is 28.9 Å². The lowest BCUT2D eigenvalue weighted by atomic mass is 9.68. The first-order chi connectivity index (χ1) is 9.50. The van der Waals surface area contributed by atoms with E-state index >= 15 is 0 Å². The summed E-state index contributed by atoms with van der Waals surface area (Å²) < 4.78 is 0. The molecule has 118 valence electrons. The van der Waals surface area contributed by atoms with Crippen molar-refractivity contribution in [1.29, 1.82) is 0 Å². The van der Waals surface area contributed by atoms with Crippen LogP contribution in [0.2, 0.25) is 0 Å². The van der Waals surface area contributed by atoms with Crippen LogP contribution in [-0.4, -0.2) is 19.1 Å². The molecule has 2 nitrogen and oxygen atoms in total. The van der Waals surface area contributed by atoms with Crippen molar-refractivity contribution >= 4 is 0 Å². The fourth-order valence-electron chi connectivity index (χ4n) is 3.91. The second-order valence-electron chi connectivity index (χ2n) is 8.36. The van der Waals surface area contributed by atoms with Crippen LogP contribution in [0, 0.1) is 23.2 Å². The molecule has 1 unspecified atom stereocenters. The van der Waals surface area contributed by atoms with E-state index < -0.39 is 0 Å². The van der Waals surface area contributed by atoms with Crippen molar-refractivity contribution in [3.8, 4) is 0 Å². The maximum absolute atomic E-state index is 6.02. The predicted molar refractivity (Wildman–Crippen MR) is 87.7 cm³/mol. The van der Waals surface area contributed by atoms with Crippen molar-refractivity contribution < 1.29 is 0 Å². The molecule has 0 heterocycles. The molecule has 0 spiro atoms. The lowest BCUT2D eigenvalue weighted by molar-refractivity contribution is 0.133. The SMILES string of the molecule is CC(C)(C)C1CCC(C(CN)NCCCC2CC2)CC1. The molecule has 2 rings (SSSR count). The van der Waals surface area contributed by atoms with Crippen LogP contribution in [-0.2, 0) is 0 Å². The van der Waals surface area contributed by atoms with E-state index in [9.17, 15) is 0 Å². The lowest BCUT2D eigenvalue weighted by Crippen LogP contribution is -2.44. The molecule has 0 radical (unpaired) electrons. The van der Waals surface area contributed by atoms with Gasteiger partial charge in [-0.25, -0.2) is 0 Å². The van der Waals surface area contributed by atoms with Crippen LogP contribution in [0.3, 0.4) is 0 Å². The zero-order valence-corrected chi connectivity index (χ0v) is 14.0. The molecule has 1 atom stereocenters. The molecule has 3 N–H and O–H groups in total. The minimum absolute atomic E-state index is 0.487. The second kappa shape index (κ2) is 7.26. The third-order valence-corrected chi connectivity index (χ3v) is 5.71. The van der Waals surface area contributed by atoms with Gasteiger partial charge < -0.3 is 11.1 Å². The number of rotatable bonds is 7. The van der Waals surface area contributed by atoms with E-state index in [0.29, 0.717) is 11.5 Å². The molecular weight excluding hydrogens is 244 g/mol. The Labute approximate surface area is 126 Å². The van der Waals surface area contributed by atoms with Crippen LogP contribution in [0.1, 0.15) is 72.1 Å². The summed E-state index contributed by atoms with van der Waals surface area (Å²) in [6, 6.07) is 0.565. The maximum Gasteiger partial charge on any atom is 0.0218 e. The number of hydrogen-bond donors (Lipinski definition) is 2. The molecule has 2 aliphatic rings. The van der Waals surface area contributed by atoms with Crippen LogP contribution in [0.5, 0.6) is 0 Å². The Bertz CT molecular complexity index is 270. The van der Waals surface area contributed by atoms with Gasteiger partial charge in [0.05, 0.1) is 0 Å². The van der Waals surface area contributed by atoms with Gasteiger partial charge in [0.25, 0.3) is 0 Å². The molecule has 0 aromatic carbocycles. The van der Waals surface area contributed by atoms with E-state index in [2.05, 4.69) is 26.1 Å². The van der Waals surface area contributed by atoms with Crippen LogP contribution in [0.25, 0.3) is 0 Å². The molecule has 0 saturated heterocycles. The van der Waals surface area contributed by atoms with Crippen molar-refractivity contribution in [2.75, 3.05) is 13.1 Å². The predicted octanol–water partition coefficient (Wildman–Crippen LogP) is 3.95. The molecular formula is C18H36N2. The summed E-state index contributed by atoms with van der Waals surface area (Å²) in [4.78, 5) is 0. The van der Waals surface area contributed by atoms with Crippen molar-refractivity contribution in [3.63, 3.8) is 0 Å². The van der Waals surface area contributed by atoms with E-state index in [0.717, 1.165) is 24.3 Å². The summed E-state index contributed by atoms with van der Waals surface area (Å²) in [5.74, 6) is 2.79. The Hall–Kier alpha value is -0.0800. The normalized spacial score (nSPS) is 29.4. The van der Waals surface area contributed by atoms with Crippen molar-refractivity contribution in [3.05, 3.63) is 0 Å². The Morgan fingerprint density at radius 3 is 2.20 bits per heavy atom. The highest BCUT2D eigenvalue weighted by atomic mass is 14.9. The fraction of sp³-hybridized carbons (Fsp3) is 1.00. The number of hydrogen-bond acceptors (Lipinski definition) is 2. The molecule has 2 heteroatoms. The topological polar surface area (TPSA) is 38.0 Å². The summed E-state index contributed by atoms with van der Waals surface area (Å²) >= 11 is 0. The van der Waals surface area contributed by atoms with Gasteiger partial charge in [-0.2, -0.15) is 0 Å². The Kier molecular flexibility index (Phi) is 5.92. The fourth-order valence-corrected chi connectivity index (χ4v) is 3.91. The Morgan fingerprint density at radius 2 is 1.70 bits per heavy atom. The molecule has 0 aliphatic heterocycles. The molecule has 0 amide bonds. The zero-order valence-electron chi connectivity index (χ0n) is 14.0. The van der Waals surface area contributed by atoms with Gasteiger partial charge in [0.15, 0.2) is 0 Å². The van der Waals surface area contributed by atoms with Gasteiger partial charge in [-0.05, 0) is 68.2 Å². The first-order valence-corrected chi connectivity index (χ1v) is 8.94. The summed E-state index contributed by atoms with van der Waals surface area (Å²) in [5.41, 5.74) is 6.50. The summed E-state index contributed by atoms with van der Waals surface area (Å²) in [6.07, 6.45) is 11.3. The van der Waals surface area contributed by atoms with Gasteiger partial charge in [0.2, 0.25) is 0 Å². The lowest BCUT2D eigenvalue weighted by Gasteiger charge is -2.39. The van der Waals surface area contributed by atoms with Gasteiger partial charge in [0, 0.05) is 12.6 Å². The Balaban J connectivity index is 1.66. The third kappa shape index (κ3) is 5.04. The van der Waals surface area contributed by atoms with Gasteiger partial charge in [-0.1, -0.05) is 33.6 Å². The van der Waals surface area contributed by atoms with Crippen LogP contribution in [0.4, 0.5) is 0 Å². The highest BCUT2D eigenvalue weighted by Crippen LogP contribution is 2.40. The van der Waals surface area contributed by atoms with Crippen LogP contribution in [0.15, 0.2) is 0 Å². The van der Waals surface area contributed by atoms with E-state index in [1.807, 2.05) is 0 Å². The van der Waals surface area contributed by atoms with E-state index in [-0.39, 0.29) is 0 Å². The summed E-state index contributed by atoms with van der Waals surface area (Å²) in [7, 11) is 0. The maximum atomic E-state index is 6.02. The van der Waals surface area contributed by atoms with Gasteiger partial charge in [-0.3, -0.25) is 0 Å². The van der Waals surface area contributed by atoms with E-state index in [4.69, 9.17) is 5.73 Å². The highest BCUT2D eigenvalue weighted by Gasteiger charge is 2.32. The third-order valence-electron chi connectivity index (χ3n) is 5.71. The molecule has 0 aromatic rings. The Morgan fingerprint density at radius 1 is 1.05 bits per heavy atom. The molecule has 2 aliphatic carbocycles. The van der Waals surface area contributed by atoms with Gasteiger partial charge >= 0.3 is 0 Å². The average molecular weight is 280 g/mol. The van der Waals surface area contributed by atoms with E-state index in [1.165, 1.54) is 57.9 Å². The first-order valence-electron chi connectivity index (χ1n) is 8.94. The minimum Gasteiger partial charge on any atom is -0.329 e. The largest absolute Gasteiger partial charge is 0.329 e. The summed E-state index contributed by atoms with van der Waals surface area (Å²) in [5, 5.41) is 3.75. The first kappa shape index (κ1) is 16.3. The molecule has 20 heavy (non-hydrogen) atoms. The zero-order chi connectivity index (χ0) is 14.6. The monoisotopic (exact) mass is 280 g/mol. The second-order valence-corrected chi connectivity index (χ2v) is 8.36. The minimum atomic E-state index is 0.487. The van der Waals surface area contributed by atoms with Crippen molar-refractivity contribution in [1.82, 2.24) is 5.32 Å². The number of nitrogens with one attached hydrogen (secondary N) is 1. The molecule has 2 fully saturated rings. The standard InChI is InChI=1S/C18H36N2/c1-18(2,3)16-10-8-15(9-11-16)17(13-19)20-12-4-5-14-6-7-14/h14-17,20H,4-13,19H2,1-3H3. The molecule has 0 bridgehead atoms. The van der Waals surface area contributed by atoms with Gasteiger partial charge in [-0.15, -0.1) is 0 Å². The molecule has 2 saturated carbocycles. The average Bonchev–Trinajstić information content (AvgIpc) is 3.22. The van der Waals surface area contributed by atoms with Crippen molar-refractivity contribution in [2.45, 2.75) is 78.2 Å². The van der Waals surface area contributed by atoms with Crippen LogP contribution < -0.4 is 11.1 Å². The summed E-state index contributed by atoms with van der Waals surface area (Å²) in [6.45, 7) is 9.18. The smallest absolute Gasteiger partial charge is 0.0218 e. The highest BCUT2D eigenvalue weighted by molar-refractivity contribution is 4.86. The quantitative estimate of drug-likeness (QED) is 0.693.